The van der Waals surface area contributed by atoms with Crippen LogP contribution in [0.4, 0.5) is 10.5 Å². The maximum Gasteiger partial charge on any atom is 0.407 e. The Balaban J connectivity index is 1.56. The van der Waals surface area contributed by atoms with Crippen LogP contribution in [0.2, 0.25) is 5.02 Å². The molecule has 0 aliphatic rings. The van der Waals surface area contributed by atoms with E-state index in [1.165, 1.54) is 13.3 Å². The Morgan fingerprint density at radius 3 is 2.44 bits per heavy atom. The van der Waals surface area contributed by atoms with Gasteiger partial charge in [-0.3, -0.25) is 9.59 Å². The number of hydrogen-bond acceptors (Lipinski definition) is 7. The van der Waals surface area contributed by atoms with Gasteiger partial charge < -0.3 is 24.8 Å². The summed E-state index contributed by atoms with van der Waals surface area (Å²) in [6.07, 6.45) is 0.773. The Morgan fingerprint density at radius 2 is 1.72 bits per heavy atom. The van der Waals surface area contributed by atoms with Crippen LogP contribution in [0.5, 0.6) is 11.5 Å². The van der Waals surface area contributed by atoms with Crippen molar-refractivity contribution in [2.75, 3.05) is 25.6 Å². The van der Waals surface area contributed by atoms with Crippen molar-refractivity contribution >= 4 is 41.4 Å². The number of rotatable bonds is 12. The van der Waals surface area contributed by atoms with Crippen LogP contribution >= 0.6 is 11.6 Å². The topological polar surface area (TPSA) is 127 Å². The Morgan fingerprint density at radius 1 is 0.974 bits per heavy atom. The first-order valence-electron chi connectivity index (χ1n) is 12.0. The molecule has 0 fully saturated rings. The molecule has 0 spiro atoms. The maximum atomic E-state index is 12.5. The van der Waals surface area contributed by atoms with Gasteiger partial charge in [0.15, 0.2) is 18.1 Å². The van der Waals surface area contributed by atoms with Crippen molar-refractivity contribution in [1.82, 2.24) is 10.7 Å². The predicted molar refractivity (Wildman–Crippen MR) is 148 cm³/mol. The number of anilines is 1. The molecule has 0 aliphatic heterocycles. The van der Waals surface area contributed by atoms with E-state index in [1.807, 2.05) is 30.3 Å². The molecule has 11 heteroatoms. The molecule has 3 amide bonds. The molecule has 10 nitrogen and oxygen atoms in total. The standard InChI is InChI=1S/C28H29ClN4O6/c1-3-38-28(36)32-23(20-9-5-4-6-10-20)16-26(34)33-30-17-19-13-14-24(25(15-19)37-2)39-18-27(35)31-22-12-8-7-11-21(22)29/h4-15,17,23H,3,16,18H2,1-2H3,(H,31,35)(H,32,36)(H,33,34)/b30-17-/t23-/m1/s1. The Bertz CT molecular complexity index is 1300. The van der Waals surface area contributed by atoms with Gasteiger partial charge in [-0.05, 0) is 48.4 Å². The van der Waals surface area contributed by atoms with E-state index < -0.39 is 18.0 Å². The summed E-state index contributed by atoms with van der Waals surface area (Å²) in [6.45, 7) is 1.66. The lowest BCUT2D eigenvalue weighted by Gasteiger charge is -2.18. The zero-order valence-corrected chi connectivity index (χ0v) is 22.2. The van der Waals surface area contributed by atoms with Crippen molar-refractivity contribution in [2.24, 2.45) is 5.10 Å². The third-order valence-corrected chi connectivity index (χ3v) is 5.59. The lowest BCUT2D eigenvalue weighted by molar-refractivity contribution is -0.121. The quantitative estimate of drug-likeness (QED) is 0.221. The fraction of sp³-hybridized carbons (Fsp3) is 0.214. The lowest BCUT2D eigenvalue weighted by atomic mass is 10.0. The number of nitrogens with zero attached hydrogens (tertiary/aromatic N) is 1. The number of para-hydroxylation sites is 1. The van der Waals surface area contributed by atoms with E-state index in [9.17, 15) is 14.4 Å². The molecule has 0 unspecified atom stereocenters. The van der Waals surface area contributed by atoms with Crippen molar-refractivity contribution in [3.8, 4) is 11.5 Å². The third kappa shape index (κ3) is 9.35. The summed E-state index contributed by atoms with van der Waals surface area (Å²) in [5.41, 5.74) is 4.32. The highest BCUT2D eigenvalue weighted by atomic mass is 35.5. The number of ether oxygens (including phenoxy) is 3. The molecule has 3 N–H and O–H groups in total. The van der Waals surface area contributed by atoms with Gasteiger partial charge in [-0.2, -0.15) is 5.10 Å². The Labute approximate surface area is 231 Å². The van der Waals surface area contributed by atoms with Crippen molar-refractivity contribution in [2.45, 2.75) is 19.4 Å². The van der Waals surface area contributed by atoms with E-state index in [0.717, 1.165) is 5.56 Å². The third-order valence-electron chi connectivity index (χ3n) is 5.26. The van der Waals surface area contributed by atoms with Crippen LogP contribution in [0.25, 0.3) is 0 Å². The van der Waals surface area contributed by atoms with Crippen molar-refractivity contribution in [3.63, 3.8) is 0 Å². The van der Waals surface area contributed by atoms with E-state index in [1.54, 1.807) is 49.4 Å². The minimum absolute atomic E-state index is 0.0491. The zero-order chi connectivity index (χ0) is 28.0. The van der Waals surface area contributed by atoms with E-state index in [-0.39, 0.29) is 25.5 Å². The number of carbonyl (C=O) groups is 3. The van der Waals surface area contributed by atoms with Gasteiger partial charge in [-0.15, -0.1) is 0 Å². The molecule has 0 radical (unpaired) electrons. The van der Waals surface area contributed by atoms with E-state index >= 15 is 0 Å². The summed E-state index contributed by atoms with van der Waals surface area (Å²) in [5.74, 6) is -0.0690. The van der Waals surface area contributed by atoms with Gasteiger partial charge in [0.05, 0.1) is 43.1 Å². The van der Waals surface area contributed by atoms with E-state index in [4.69, 9.17) is 25.8 Å². The SMILES string of the molecule is CCOC(=O)N[C@H](CC(=O)N/N=C\c1ccc(OCC(=O)Nc2ccccc2Cl)c(OC)c1)c1ccccc1. The van der Waals surface area contributed by atoms with Crippen molar-refractivity contribution in [1.29, 1.82) is 0 Å². The second kappa shape index (κ2) is 15.0. The lowest BCUT2D eigenvalue weighted by Crippen LogP contribution is -2.33. The number of halogens is 1. The highest BCUT2D eigenvalue weighted by Crippen LogP contribution is 2.28. The van der Waals surface area contributed by atoms with Crippen LogP contribution in [0.3, 0.4) is 0 Å². The molecule has 204 valence electrons. The molecule has 0 bridgehead atoms. The number of alkyl carbamates (subject to hydrolysis) is 1. The first-order valence-corrected chi connectivity index (χ1v) is 12.4. The largest absolute Gasteiger partial charge is 0.493 e. The van der Waals surface area contributed by atoms with Crippen molar-refractivity contribution in [3.05, 3.63) is 88.9 Å². The molecule has 0 saturated heterocycles. The summed E-state index contributed by atoms with van der Waals surface area (Å²) in [6, 6.07) is 20.3. The van der Waals surface area contributed by atoms with E-state index in [2.05, 4.69) is 21.2 Å². The highest BCUT2D eigenvalue weighted by Gasteiger charge is 2.19. The highest BCUT2D eigenvalue weighted by molar-refractivity contribution is 6.33. The molecule has 3 aromatic carbocycles. The maximum absolute atomic E-state index is 12.5. The summed E-state index contributed by atoms with van der Waals surface area (Å²) < 4.78 is 15.9. The molecule has 0 aliphatic carbocycles. The van der Waals surface area contributed by atoms with Gasteiger partial charge in [-0.25, -0.2) is 10.2 Å². The first-order chi connectivity index (χ1) is 18.9. The molecule has 0 aromatic heterocycles. The predicted octanol–water partition coefficient (Wildman–Crippen LogP) is 4.69. The van der Waals surface area contributed by atoms with Gasteiger partial charge in [0.1, 0.15) is 0 Å². The normalized spacial score (nSPS) is 11.4. The summed E-state index contributed by atoms with van der Waals surface area (Å²) in [5, 5.41) is 9.79. The second-order valence-electron chi connectivity index (χ2n) is 8.05. The molecule has 3 rings (SSSR count). The number of carbonyl (C=O) groups excluding carboxylic acids is 3. The molecular weight excluding hydrogens is 524 g/mol. The van der Waals surface area contributed by atoms with Gasteiger partial charge in [0.25, 0.3) is 5.91 Å². The van der Waals surface area contributed by atoms with Crippen LogP contribution in [-0.2, 0) is 14.3 Å². The van der Waals surface area contributed by atoms with Gasteiger partial charge in [0, 0.05) is 0 Å². The molecule has 39 heavy (non-hydrogen) atoms. The number of hydrazone groups is 1. The molecule has 1 atom stereocenters. The monoisotopic (exact) mass is 552 g/mol. The van der Waals surface area contributed by atoms with E-state index in [0.29, 0.717) is 27.8 Å². The van der Waals surface area contributed by atoms with Crippen LogP contribution in [0, 0.1) is 0 Å². The smallest absolute Gasteiger partial charge is 0.407 e. The molecule has 0 saturated carbocycles. The molecular formula is C28H29ClN4O6. The molecule has 0 heterocycles. The summed E-state index contributed by atoms with van der Waals surface area (Å²) >= 11 is 6.06. The average Bonchev–Trinajstić information content (AvgIpc) is 2.93. The van der Waals surface area contributed by atoms with Gasteiger partial charge in [0.2, 0.25) is 5.91 Å². The van der Waals surface area contributed by atoms with Crippen LogP contribution in [0.1, 0.15) is 30.5 Å². The minimum atomic E-state index is -0.613. The number of methoxy groups -OCH3 is 1. The van der Waals surface area contributed by atoms with Crippen molar-refractivity contribution < 1.29 is 28.6 Å². The number of hydrogen-bond donors (Lipinski definition) is 3. The van der Waals surface area contributed by atoms with Crippen LogP contribution < -0.4 is 25.5 Å². The fourth-order valence-electron chi connectivity index (χ4n) is 3.44. The molecule has 3 aromatic rings. The fourth-order valence-corrected chi connectivity index (χ4v) is 3.62. The van der Waals surface area contributed by atoms with Crippen LogP contribution in [0.15, 0.2) is 77.9 Å². The van der Waals surface area contributed by atoms with Crippen LogP contribution in [-0.4, -0.2) is 44.4 Å². The second-order valence-corrected chi connectivity index (χ2v) is 8.46. The van der Waals surface area contributed by atoms with Gasteiger partial charge >= 0.3 is 6.09 Å². The Hall–Kier alpha value is -4.57. The summed E-state index contributed by atoms with van der Waals surface area (Å²) in [4.78, 5) is 36.7. The minimum Gasteiger partial charge on any atom is -0.493 e. The number of nitrogens with one attached hydrogen (secondary N) is 3. The zero-order valence-electron chi connectivity index (χ0n) is 21.5. The first kappa shape index (κ1) is 29.0. The van der Waals surface area contributed by atoms with Gasteiger partial charge in [-0.1, -0.05) is 54.1 Å². The number of benzene rings is 3. The average molecular weight is 553 g/mol. The number of amides is 3. The Kier molecular flexibility index (Phi) is 11.1. The summed E-state index contributed by atoms with van der Waals surface area (Å²) in [7, 11) is 1.47.